The molecule has 0 unspecified atom stereocenters. The van der Waals surface area contributed by atoms with E-state index in [0.717, 1.165) is 5.69 Å². The third-order valence-electron chi connectivity index (χ3n) is 1.84. The van der Waals surface area contributed by atoms with Crippen LogP contribution in [0.15, 0.2) is 24.4 Å². The molecular formula is C10H9N5. The highest BCUT2D eigenvalue weighted by molar-refractivity contribution is 5.53. The van der Waals surface area contributed by atoms with Crippen LogP contribution in [-0.4, -0.2) is 15.2 Å². The largest absolute Gasteiger partial charge is 0.323 e. The van der Waals surface area contributed by atoms with E-state index >= 15 is 0 Å². The number of hydrogen-bond acceptors (Lipinski definition) is 4. The van der Waals surface area contributed by atoms with Gasteiger partial charge in [0, 0.05) is 18.0 Å². The van der Waals surface area contributed by atoms with Crippen LogP contribution in [0.2, 0.25) is 0 Å². The SMILES string of the molecule is Cc1cc(C#N)cc(Nc2cc[nH]n2)n1. The molecule has 2 N–H and O–H groups in total. The van der Waals surface area contributed by atoms with Gasteiger partial charge >= 0.3 is 0 Å². The van der Waals surface area contributed by atoms with Gasteiger partial charge in [0.1, 0.15) is 5.82 Å². The number of nitrogens with one attached hydrogen (secondary N) is 2. The lowest BCUT2D eigenvalue weighted by Gasteiger charge is -2.03. The summed E-state index contributed by atoms with van der Waals surface area (Å²) in [5, 5.41) is 18.4. The predicted molar refractivity (Wildman–Crippen MR) is 55.6 cm³/mol. The minimum absolute atomic E-state index is 0.584. The highest BCUT2D eigenvalue weighted by atomic mass is 15.2. The summed E-state index contributed by atoms with van der Waals surface area (Å²) in [5.74, 6) is 1.30. The van der Waals surface area contributed by atoms with Gasteiger partial charge < -0.3 is 5.32 Å². The lowest BCUT2D eigenvalue weighted by Crippen LogP contribution is -1.96. The fourth-order valence-corrected chi connectivity index (χ4v) is 1.26. The van der Waals surface area contributed by atoms with Crippen molar-refractivity contribution >= 4 is 11.6 Å². The number of H-pyrrole nitrogens is 1. The van der Waals surface area contributed by atoms with Crippen molar-refractivity contribution in [2.45, 2.75) is 6.92 Å². The Hall–Kier alpha value is -2.35. The lowest BCUT2D eigenvalue weighted by molar-refractivity contribution is 1.09. The maximum absolute atomic E-state index is 8.79. The molecule has 0 aliphatic rings. The zero-order valence-electron chi connectivity index (χ0n) is 8.15. The zero-order valence-corrected chi connectivity index (χ0v) is 8.15. The van der Waals surface area contributed by atoms with Gasteiger partial charge in [-0.15, -0.1) is 0 Å². The molecule has 15 heavy (non-hydrogen) atoms. The molecule has 0 bridgehead atoms. The van der Waals surface area contributed by atoms with Crippen LogP contribution in [-0.2, 0) is 0 Å². The van der Waals surface area contributed by atoms with Gasteiger partial charge in [-0.1, -0.05) is 0 Å². The smallest absolute Gasteiger partial charge is 0.153 e. The first-order valence-electron chi connectivity index (χ1n) is 4.43. The van der Waals surface area contributed by atoms with Gasteiger partial charge in [0.2, 0.25) is 0 Å². The molecule has 2 aromatic heterocycles. The first-order valence-corrected chi connectivity index (χ1v) is 4.43. The Morgan fingerprint density at radius 1 is 1.40 bits per heavy atom. The molecule has 0 fully saturated rings. The van der Waals surface area contributed by atoms with E-state index < -0.39 is 0 Å². The molecule has 0 aliphatic heterocycles. The average Bonchev–Trinajstić information content (AvgIpc) is 2.69. The second-order valence-corrected chi connectivity index (χ2v) is 3.08. The summed E-state index contributed by atoms with van der Waals surface area (Å²) in [6, 6.07) is 7.28. The van der Waals surface area contributed by atoms with E-state index in [1.807, 2.05) is 6.92 Å². The molecule has 5 heteroatoms. The average molecular weight is 199 g/mol. The molecule has 0 atom stereocenters. The number of aryl methyl sites for hydroxylation is 1. The van der Waals surface area contributed by atoms with Gasteiger partial charge in [-0.05, 0) is 19.1 Å². The summed E-state index contributed by atoms with van der Waals surface area (Å²) in [6.45, 7) is 1.84. The van der Waals surface area contributed by atoms with Crippen LogP contribution in [0.3, 0.4) is 0 Å². The monoisotopic (exact) mass is 199 g/mol. The number of nitrogens with zero attached hydrogens (tertiary/aromatic N) is 3. The first kappa shape index (κ1) is 9.21. The van der Waals surface area contributed by atoms with Crippen molar-refractivity contribution < 1.29 is 0 Å². The van der Waals surface area contributed by atoms with E-state index in [1.54, 1.807) is 24.4 Å². The van der Waals surface area contributed by atoms with Crippen LogP contribution in [0, 0.1) is 18.3 Å². The minimum atomic E-state index is 0.584. The molecule has 0 aliphatic carbocycles. The number of anilines is 2. The second kappa shape index (κ2) is 3.80. The summed E-state index contributed by atoms with van der Waals surface area (Å²) in [7, 11) is 0. The maximum atomic E-state index is 8.79. The fraction of sp³-hybridized carbons (Fsp3) is 0.100. The summed E-state index contributed by atoms with van der Waals surface area (Å²) in [4.78, 5) is 4.24. The quantitative estimate of drug-likeness (QED) is 0.772. The number of nitriles is 1. The van der Waals surface area contributed by atoms with Gasteiger partial charge in [0.25, 0.3) is 0 Å². The molecule has 0 radical (unpaired) electrons. The molecular weight excluding hydrogens is 190 g/mol. The van der Waals surface area contributed by atoms with E-state index in [4.69, 9.17) is 5.26 Å². The van der Waals surface area contributed by atoms with Crippen LogP contribution in [0.1, 0.15) is 11.3 Å². The Morgan fingerprint density at radius 3 is 2.93 bits per heavy atom. The van der Waals surface area contributed by atoms with Crippen LogP contribution in [0.25, 0.3) is 0 Å². The molecule has 0 saturated heterocycles. The normalized spacial score (nSPS) is 9.60. The summed E-state index contributed by atoms with van der Waals surface area (Å²) < 4.78 is 0. The van der Waals surface area contributed by atoms with Crippen LogP contribution in [0.4, 0.5) is 11.6 Å². The number of aromatic nitrogens is 3. The van der Waals surface area contributed by atoms with Gasteiger partial charge in [0.15, 0.2) is 5.82 Å². The molecule has 5 nitrogen and oxygen atoms in total. The third kappa shape index (κ3) is 2.11. The Labute approximate surface area is 86.8 Å². The van der Waals surface area contributed by atoms with Crippen molar-refractivity contribution in [2.24, 2.45) is 0 Å². The molecule has 0 aromatic carbocycles. The summed E-state index contributed by atoms with van der Waals surface area (Å²) in [6.07, 6.45) is 1.71. The van der Waals surface area contributed by atoms with Gasteiger partial charge in [-0.2, -0.15) is 10.4 Å². The Balaban J connectivity index is 2.29. The predicted octanol–water partition coefficient (Wildman–Crippen LogP) is 1.73. The summed E-state index contributed by atoms with van der Waals surface area (Å²) in [5.41, 5.74) is 1.38. The molecule has 0 spiro atoms. The van der Waals surface area contributed by atoms with E-state index in [-0.39, 0.29) is 0 Å². The third-order valence-corrected chi connectivity index (χ3v) is 1.84. The van der Waals surface area contributed by atoms with Crippen molar-refractivity contribution in [3.05, 3.63) is 35.7 Å². The molecule has 74 valence electrons. The Morgan fingerprint density at radius 2 is 2.27 bits per heavy atom. The van der Waals surface area contributed by atoms with Gasteiger partial charge in [-0.3, -0.25) is 5.10 Å². The van der Waals surface area contributed by atoms with E-state index in [2.05, 4.69) is 26.6 Å². The molecule has 0 saturated carbocycles. The summed E-state index contributed by atoms with van der Waals surface area (Å²) >= 11 is 0. The number of pyridine rings is 1. The van der Waals surface area contributed by atoms with Crippen molar-refractivity contribution in [1.82, 2.24) is 15.2 Å². The van der Waals surface area contributed by atoms with Gasteiger partial charge in [0.05, 0.1) is 11.6 Å². The van der Waals surface area contributed by atoms with Crippen molar-refractivity contribution in [3.8, 4) is 6.07 Å². The van der Waals surface area contributed by atoms with E-state index in [9.17, 15) is 0 Å². The van der Waals surface area contributed by atoms with E-state index in [1.165, 1.54) is 0 Å². The zero-order chi connectivity index (χ0) is 10.7. The van der Waals surface area contributed by atoms with Crippen LogP contribution in [0.5, 0.6) is 0 Å². The van der Waals surface area contributed by atoms with Crippen LogP contribution < -0.4 is 5.32 Å². The van der Waals surface area contributed by atoms with Crippen molar-refractivity contribution in [2.75, 3.05) is 5.32 Å². The Kier molecular flexibility index (Phi) is 2.33. The molecule has 0 amide bonds. The Bertz CT molecular complexity index is 495. The minimum Gasteiger partial charge on any atom is -0.323 e. The highest BCUT2D eigenvalue weighted by Crippen LogP contribution is 2.13. The number of aromatic amines is 1. The van der Waals surface area contributed by atoms with Crippen molar-refractivity contribution in [1.29, 1.82) is 5.26 Å². The van der Waals surface area contributed by atoms with Gasteiger partial charge in [-0.25, -0.2) is 4.98 Å². The molecule has 2 aromatic rings. The molecule has 2 heterocycles. The number of hydrogen-bond donors (Lipinski definition) is 2. The fourth-order valence-electron chi connectivity index (χ4n) is 1.26. The van der Waals surface area contributed by atoms with E-state index in [0.29, 0.717) is 17.2 Å². The first-order chi connectivity index (χ1) is 7.28. The topological polar surface area (TPSA) is 77.4 Å². The van der Waals surface area contributed by atoms with Crippen LogP contribution >= 0.6 is 0 Å². The highest BCUT2D eigenvalue weighted by Gasteiger charge is 2.01. The second-order valence-electron chi connectivity index (χ2n) is 3.08. The number of rotatable bonds is 2. The van der Waals surface area contributed by atoms with Crippen molar-refractivity contribution in [3.63, 3.8) is 0 Å². The lowest BCUT2D eigenvalue weighted by atomic mass is 10.2. The maximum Gasteiger partial charge on any atom is 0.153 e. The molecule has 2 rings (SSSR count). The standard InChI is InChI=1S/C10H9N5/c1-7-4-8(6-11)5-10(13-7)14-9-2-3-12-15-9/h2-5H,1H3,(H2,12,13,14,15).